The van der Waals surface area contributed by atoms with E-state index in [4.69, 9.17) is 4.42 Å². The number of aryl methyl sites for hydroxylation is 1. The molecule has 2 aromatic heterocycles. The summed E-state index contributed by atoms with van der Waals surface area (Å²) < 4.78 is 5.72. The third-order valence-corrected chi connectivity index (χ3v) is 5.41. The number of hydrogen-bond acceptors (Lipinski definition) is 6. The molecule has 4 heterocycles. The van der Waals surface area contributed by atoms with Crippen molar-refractivity contribution in [2.24, 2.45) is 0 Å². The van der Waals surface area contributed by atoms with Crippen LogP contribution < -0.4 is 16.2 Å². The van der Waals surface area contributed by atoms with E-state index in [0.29, 0.717) is 13.0 Å². The fourth-order valence-corrected chi connectivity index (χ4v) is 3.94. The molecular weight excluding hydrogens is 342 g/mol. The first-order chi connectivity index (χ1) is 13.2. The number of nitrogens with zero attached hydrogens (tertiary/aromatic N) is 2. The van der Waals surface area contributed by atoms with Crippen molar-refractivity contribution >= 4 is 5.91 Å². The highest BCUT2D eigenvalue weighted by molar-refractivity contribution is 5.82. The maximum Gasteiger partial charge on any atom is 0.241 e. The molecule has 2 fully saturated rings. The van der Waals surface area contributed by atoms with Crippen LogP contribution in [0.2, 0.25) is 0 Å². The van der Waals surface area contributed by atoms with E-state index in [-0.39, 0.29) is 24.0 Å². The summed E-state index contributed by atoms with van der Waals surface area (Å²) in [5.74, 6) is 1.90. The summed E-state index contributed by atoms with van der Waals surface area (Å²) in [6.45, 7) is 4.43. The Labute approximate surface area is 159 Å². The Bertz CT molecular complexity index is 757. The molecule has 0 spiro atoms. The van der Waals surface area contributed by atoms with E-state index in [1.807, 2.05) is 42.3 Å². The summed E-state index contributed by atoms with van der Waals surface area (Å²) >= 11 is 0. The van der Waals surface area contributed by atoms with Crippen LogP contribution in [0, 0.1) is 6.92 Å². The van der Waals surface area contributed by atoms with Crippen molar-refractivity contribution in [1.82, 2.24) is 26.1 Å². The Kier molecular flexibility index (Phi) is 5.52. The summed E-state index contributed by atoms with van der Waals surface area (Å²) in [7, 11) is 0. The number of nitrogens with one attached hydrogen (secondary N) is 3. The van der Waals surface area contributed by atoms with E-state index < -0.39 is 0 Å². The summed E-state index contributed by atoms with van der Waals surface area (Å²) in [5.41, 5.74) is 7.47. The molecule has 2 aliphatic heterocycles. The highest BCUT2D eigenvalue weighted by atomic mass is 16.3. The molecule has 2 aromatic rings. The van der Waals surface area contributed by atoms with Gasteiger partial charge in [0.05, 0.1) is 6.04 Å². The monoisotopic (exact) mass is 369 g/mol. The second kappa shape index (κ2) is 8.21. The molecule has 0 aliphatic carbocycles. The first-order valence-corrected chi connectivity index (χ1v) is 9.68. The van der Waals surface area contributed by atoms with Crippen LogP contribution in [0.1, 0.15) is 42.4 Å². The van der Waals surface area contributed by atoms with E-state index in [2.05, 4.69) is 21.2 Å². The standard InChI is InChI=1S/C20H27N5O2/c1-14-4-5-19(27-14)17-11-18(24-23-17)20(26)25(16-6-9-21-10-7-16)13-15-3-2-8-22-12-15/h2-5,8,12,16-18,21,23-24H,6-7,9-11,13H2,1H3. The Hall–Kier alpha value is -2.22. The second-order valence-corrected chi connectivity index (χ2v) is 7.39. The van der Waals surface area contributed by atoms with Crippen LogP contribution in [0.25, 0.3) is 0 Å². The van der Waals surface area contributed by atoms with Crippen LogP contribution in [0.15, 0.2) is 41.1 Å². The van der Waals surface area contributed by atoms with Gasteiger partial charge in [-0.05, 0) is 63.0 Å². The number of furan rings is 1. The minimum Gasteiger partial charge on any atom is -0.465 e. The van der Waals surface area contributed by atoms with Crippen LogP contribution in [0.3, 0.4) is 0 Å². The van der Waals surface area contributed by atoms with Crippen molar-refractivity contribution in [1.29, 1.82) is 0 Å². The van der Waals surface area contributed by atoms with Gasteiger partial charge in [0.25, 0.3) is 0 Å². The first kappa shape index (κ1) is 18.2. The molecule has 0 saturated carbocycles. The minimum absolute atomic E-state index is 0.0147. The van der Waals surface area contributed by atoms with Crippen molar-refractivity contribution in [3.63, 3.8) is 0 Å². The normalized spacial score (nSPS) is 23.4. The van der Waals surface area contributed by atoms with Gasteiger partial charge in [-0.3, -0.25) is 9.78 Å². The summed E-state index contributed by atoms with van der Waals surface area (Å²) in [6.07, 6.45) is 6.24. The quantitative estimate of drug-likeness (QED) is 0.744. The van der Waals surface area contributed by atoms with Crippen LogP contribution in [0.5, 0.6) is 0 Å². The van der Waals surface area contributed by atoms with E-state index >= 15 is 0 Å². The van der Waals surface area contributed by atoms with Gasteiger partial charge in [-0.25, -0.2) is 10.9 Å². The number of carbonyl (C=O) groups excluding carboxylic acids is 1. The lowest BCUT2D eigenvalue weighted by Crippen LogP contribution is -2.52. The van der Waals surface area contributed by atoms with Crippen molar-refractivity contribution in [3.05, 3.63) is 53.7 Å². The fraction of sp³-hybridized carbons (Fsp3) is 0.500. The van der Waals surface area contributed by atoms with Crippen LogP contribution in [0.4, 0.5) is 0 Å². The van der Waals surface area contributed by atoms with Gasteiger partial charge >= 0.3 is 0 Å². The molecule has 3 N–H and O–H groups in total. The number of hydrogen-bond donors (Lipinski definition) is 3. The van der Waals surface area contributed by atoms with Crippen LogP contribution in [-0.2, 0) is 11.3 Å². The van der Waals surface area contributed by atoms with E-state index in [0.717, 1.165) is 43.0 Å². The molecule has 1 amide bonds. The van der Waals surface area contributed by atoms with E-state index in [9.17, 15) is 4.79 Å². The molecule has 144 valence electrons. The molecular formula is C20H27N5O2. The lowest BCUT2D eigenvalue weighted by molar-refractivity contribution is -0.136. The lowest BCUT2D eigenvalue weighted by Gasteiger charge is -2.36. The second-order valence-electron chi connectivity index (χ2n) is 7.39. The summed E-state index contributed by atoms with van der Waals surface area (Å²) in [4.78, 5) is 19.6. The van der Waals surface area contributed by atoms with Gasteiger partial charge in [-0.15, -0.1) is 0 Å². The average molecular weight is 369 g/mol. The van der Waals surface area contributed by atoms with E-state index in [1.165, 1.54) is 0 Å². The van der Waals surface area contributed by atoms with Gasteiger partial charge in [0.2, 0.25) is 5.91 Å². The topological polar surface area (TPSA) is 82.4 Å². The van der Waals surface area contributed by atoms with Gasteiger partial charge in [0.15, 0.2) is 0 Å². The minimum atomic E-state index is -0.257. The highest BCUT2D eigenvalue weighted by Gasteiger charge is 2.36. The van der Waals surface area contributed by atoms with Crippen LogP contribution in [-0.4, -0.2) is 41.0 Å². The van der Waals surface area contributed by atoms with Gasteiger partial charge in [0.1, 0.15) is 17.6 Å². The number of rotatable bonds is 5. The molecule has 0 bridgehead atoms. The zero-order valence-corrected chi connectivity index (χ0v) is 15.6. The van der Waals surface area contributed by atoms with E-state index in [1.54, 1.807) is 6.20 Å². The Morgan fingerprint density at radius 3 is 2.81 bits per heavy atom. The number of carbonyl (C=O) groups is 1. The molecule has 0 radical (unpaired) electrons. The smallest absolute Gasteiger partial charge is 0.241 e. The first-order valence-electron chi connectivity index (χ1n) is 9.68. The molecule has 2 unspecified atom stereocenters. The van der Waals surface area contributed by atoms with Gasteiger partial charge in [0, 0.05) is 25.0 Å². The number of piperidine rings is 1. The molecule has 27 heavy (non-hydrogen) atoms. The Morgan fingerprint density at radius 1 is 1.26 bits per heavy atom. The van der Waals surface area contributed by atoms with Gasteiger partial charge < -0.3 is 14.6 Å². The maximum atomic E-state index is 13.4. The molecule has 2 atom stereocenters. The molecule has 7 nitrogen and oxygen atoms in total. The lowest BCUT2D eigenvalue weighted by atomic mass is 10.0. The van der Waals surface area contributed by atoms with Crippen molar-refractivity contribution in [2.75, 3.05) is 13.1 Å². The predicted molar refractivity (Wildman–Crippen MR) is 102 cm³/mol. The Balaban J connectivity index is 1.48. The number of amides is 1. The van der Waals surface area contributed by atoms with Crippen LogP contribution >= 0.6 is 0 Å². The molecule has 4 rings (SSSR count). The molecule has 0 aromatic carbocycles. The third-order valence-electron chi connectivity index (χ3n) is 5.41. The SMILES string of the molecule is Cc1ccc(C2CC(C(=O)N(Cc3cccnc3)C3CCNCC3)NN2)o1. The van der Waals surface area contributed by atoms with Gasteiger partial charge in [-0.2, -0.15) is 0 Å². The summed E-state index contributed by atoms with van der Waals surface area (Å²) in [5, 5.41) is 3.38. The van der Waals surface area contributed by atoms with Crippen molar-refractivity contribution in [3.8, 4) is 0 Å². The zero-order valence-electron chi connectivity index (χ0n) is 15.6. The number of pyridine rings is 1. The molecule has 2 aliphatic rings. The zero-order chi connectivity index (χ0) is 18.6. The molecule has 2 saturated heterocycles. The predicted octanol–water partition coefficient (Wildman–Crippen LogP) is 1.67. The third kappa shape index (κ3) is 4.21. The molecule has 7 heteroatoms. The maximum absolute atomic E-state index is 13.4. The average Bonchev–Trinajstić information content (AvgIpc) is 3.36. The fourth-order valence-electron chi connectivity index (χ4n) is 3.94. The Morgan fingerprint density at radius 2 is 2.11 bits per heavy atom. The summed E-state index contributed by atoms with van der Waals surface area (Å²) in [6, 6.07) is 7.89. The largest absolute Gasteiger partial charge is 0.465 e. The number of aromatic nitrogens is 1. The van der Waals surface area contributed by atoms with Gasteiger partial charge in [-0.1, -0.05) is 6.07 Å². The highest BCUT2D eigenvalue weighted by Crippen LogP contribution is 2.26. The van der Waals surface area contributed by atoms with Crippen molar-refractivity contribution < 1.29 is 9.21 Å². The van der Waals surface area contributed by atoms with Crippen molar-refractivity contribution in [2.45, 2.75) is 50.9 Å². The number of hydrazine groups is 1.